The molecule has 2 N–H and O–H groups in total. The molecular formula is C21H34O4. The highest BCUT2D eigenvalue weighted by Gasteiger charge is 2.31. The van der Waals surface area contributed by atoms with E-state index in [9.17, 15) is 14.7 Å². The molecule has 1 aliphatic rings. The van der Waals surface area contributed by atoms with Crippen LogP contribution in [0, 0.1) is 11.8 Å². The van der Waals surface area contributed by atoms with E-state index >= 15 is 0 Å². The van der Waals surface area contributed by atoms with Crippen LogP contribution in [-0.4, -0.2) is 28.1 Å². The quantitative estimate of drug-likeness (QED) is 0.396. The summed E-state index contributed by atoms with van der Waals surface area (Å²) in [6.45, 7) is 4.15. The van der Waals surface area contributed by atoms with Gasteiger partial charge in [-0.05, 0) is 51.4 Å². The molecule has 4 nitrogen and oxygen atoms in total. The second-order valence-electron chi connectivity index (χ2n) is 7.23. The van der Waals surface area contributed by atoms with Gasteiger partial charge in [-0.2, -0.15) is 0 Å². The fourth-order valence-electron chi connectivity index (χ4n) is 3.35. The predicted molar refractivity (Wildman–Crippen MR) is 100 cm³/mol. The van der Waals surface area contributed by atoms with E-state index in [0.29, 0.717) is 24.5 Å². The number of allylic oxidation sites excluding steroid dienone is 4. The maximum Gasteiger partial charge on any atom is 0.332 e. The highest BCUT2D eigenvalue weighted by Crippen LogP contribution is 2.33. The molecule has 0 spiro atoms. The summed E-state index contributed by atoms with van der Waals surface area (Å²) in [7, 11) is 0. The van der Waals surface area contributed by atoms with Gasteiger partial charge in [0.2, 0.25) is 0 Å². The van der Waals surface area contributed by atoms with Crippen molar-refractivity contribution in [1.29, 1.82) is 0 Å². The van der Waals surface area contributed by atoms with Gasteiger partial charge in [-0.3, -0.25) is 4.79 Å². The van der Waals surface area contributed by atoms with Gasteiger partial charge in [0.15, 0.2) is 6.10 Å². The van der Waals surface area contributed by atoms with E-state index in [1.54, 1.807) is 0 Å². The van der Waals surface area contributed by atoms with Gasteiger partial charge in [0, 0.05) is 12.3 Å². The Hall–Kier alpha value is -1.42. The maximum atomic E-state index is 12.1. The Labute approximate surface area is 152 Å². The van der Waals surface area contributed by atoms with Crippen molar-refractivity contribution in [3.63, 3.8) is 0 Å². The molecule has 25 heavy (non-hydrogen) atoms. The van der Waals surface area contributed by atoms with Crippen LogP contribution in [0.4, 0.5) is 0 Å². The van der Waals surface area contributed by atoms with E-state index in [4.69, 9.17) is 5.11 Å². The van der Waals surface area contributed by atoms with E-state index in [1.807, 2.05) is 13.0 Å². The smallest absolute Gasteiger partial charge is 0.332 e. The third-order valence-corrected chi connectivity index (χ3v) is 5.08. The number of carbonyl (C=O) groups excluding carboxylic acids is 1. The lowest BCUT2D eigenvalue weighted by molar-refractivity contribution is -0.146. The molecule has 0 aromatic carbocycles. The summed E-state index contributed by atoms with van der Waals surface area (Å²) in [6.07, 6.45) is 14.5. The van der Waals surface area contributed by atoms with Crippen LogP contribution in [0.3, 0.4) is 0 Å². The molecule has 0 aromatic heterocycles. The van der Waals surface area contributed by atoms with E-state index in [1.165, 1.54) is 25.7 Å². The first-order valence-electron chi connectivity index (χ1n) is 9.71. The molecule has 1 rings (SSSR count). The summed E-state index contributed by atoms with van der Waals surface area (Å²) in [5.74, 6) is -0.434. The number of ketones is 1. The number of aliphatic hydroxyl groups is 1. The van der Waals surface area contributed by atoms with E-state index in [2.05, 4.69) is 19.1 Å². The van der Waals surface area contributed by atoms with Crippen molar-refractivity contribution in [1.82, 2.24) is 0 Å². The van der Waals surface area contributed by atoms with Crippen LogP contribution in [0.2, 0.25) is 0 Å². The second-order valence-corrected chi connectivity index (χ2v) is 7.23. The number of Topliss-reactive ketones (excluding diaryl/α,β-unsaturated/α-hetero) is 1. The van der Waals surface area contributed by atoms with Crippen LogP contribution in [0.15, 0.2) is 23.8 Å². The molecule has 1 saturated carbocycles. The van der Waals surface area contributed by atoms with Crippen molar-refractivity contribution >= 4 is 11.8 Å². The number of hydrogen-bond donors (Lipinski definition) is 2. The van der Waals surface area contributed by atoms with Gasteiger partial charge in [0.25, 0.3) is 0 Å². The number of carboxylic acids is 1. The van der Waals surface area contributed by atoms with Crippen molar-refractivity contribution in [2.24, 2.45) is 11.8 Å². The Morgan fingerprint density at radius 2 is 2.08 bits per heavy atom. The van der Waals surface area contributed by atoms with Gasteiger partial charge in [-0.1, -0.05) is 50.0 Å². The maximum absolute atomic E-state index is 12.1. The van der Waals surface area contributed by atoms with Gasteiger partial charge in [-0.25, -0.2) is 4.79 Å². The fraction of sp³-hybridized carbons (Fsp3) is 0.714. The molecular weight excluding hydrogens is 316 g/mol. The molecule has 0 bridgehead atoms. The SMILES string of the molecule is CCCCCC/C=C/[C@H]1CCC(=O)[C@@H]1C/C=C(\C)CCC(O)C(=O)O. The first kappa shape index (κ1) is 21.6. The van der Waals surface area contributed by atoms with Crippen LogP contribution < -0.4 is 0 Å². The molecule has 0 aromatic rings. The minimum absolute atomic E-state index is 0.0613. The summed E-state index contributed by atoms with van der Waals surface area (Å²) < 4.78 is 0. The average molecular weight is 350 g/mol. The Balaban J connectivity index is 2.42. The molecule has 1 fully saturated rings. The highest BCUT2D eigenvalue weighted by atomic mass is 16.4. The molecule has 0 aliphatic heterocycles. The van der Waals surface area contributed by atoms with Crippen molar-refractivity contribution in [2.75, 3.05) is 0 Å². The Morgan fingerprint density at radius 3 is 2.76 bits per heavy atom. The number of aliphatic hydroxyl groups excluding tert-OH is 1. The zero-order valence-corrected chi connectivity index (χ0v) is 15.7. The molecule has 0 saturated heterocycles. The fourth-order valence-corrected chi connectivity index (χ4v) is 3.35. The first-order valence-corrected chi connectivity index (χ1v) is 9.71. The van der Waals surface area contributed by atoms with Crippen molar-refractivity contribution in [3.8, 4) is 0 Å². The van der Waals surface area contributed by atoms with E-state index < -0.39 is 12.1 Å². The topological polar surface area (TPSA) is 74.6 Å². The van der Waals surface area contributed by atoms with Crippen LogP contribution in [-0.2, 0) is 9.59 Å². The lowest BCUT2D eigenvalue weighted by Crippen LogP contribution is -2.19. The Morgan fingerprint density at radius 1 is 1.32 bits per heavy atom. The van der Waals surface area contributed by atoms with Gasteiger partial charge in [0.1, 0.15) is 5.78 Å². The van der Waals surface area contributed by atoms with Gasteiger partial charge in [-0.15, -0.1) is 0 Å². The normalized spacial score (nSPS) is 22.7. The van der Waals surface area contributed by atoms with Crippen LogP contribution in [0.5, 0.6) is 0 Å². The number of carbonyl (C=O) groups is 2. The Bertz CT molecular complexity index is 478. The van der Waals surface area contributed by atoms with E-state index in [-0.39, 0.29) is 12.3 Å². The van der Waals surface area contributed by atoms with Gasteiger partial charge < -0.3 is 10.2 Å². The number of unbranched alkanes of at least 4 members (excludes halogenated alkanes) is 4. The zero-order chi connectivity index (χ0) is 18.7. The van der Waals surface area contributed by atoms with Crippen molar-refractivity contribution in [2.45, 2.75) is 84.2 Å². The van der Waals surface area contributed by atoms with Gasteiger partial charge in [0.05, 0.1) is 0 Å². The number of carboxylic acid groups (broad SMARTS) is 1. The molecule has 3 atom stereocenters. The number of hydrogen-bond acceptors (Lipinski definition) is 3. The van der Waals surface area contributed by atoms with Crippen molar-refractivity contribution < 1.29 is 19.8 Å². The molecule has 0 amide bonds. The third kappa shape index (κ3) is 8.48. The molecule has 1 unspecified atom stereocenters. The predicted octanol–water partition coefficient (Wildman–Crippen LogP) is 4.67. The summed E-state index contributed by atoms with van der Waals surface area (Å²) in [5, 5.41) is 18.0. The summed E-state index contributed by atoms with van der Waals surface area (Å²) >= 11 is 0. The summed E-state index contributed by atoms with van der Waals surface area (Å²) in [6, 6.07) is 0. The molecule has 142 valence electrons. The monoisotopic (exact) mass is 350 g/mol. The molecule has 4 heteroatoms. The third-order valence-electron chi connectivity index (χ3n) is 5.08. The van der Waals surface area contributed by atoms with Crippen LogP contribution >= 0.6 is 0 Å². The Kier molecular flexibility index (Phi) is 10.4. The number of rotatable bonds is 12. The molecule has 0 heterocycles. The number of aliphatic carboxylic acids is 1. The van der Waals surface area contributed by atoms with Gasteiger partial charge >= 0.3 is 5.97 Å². The summed E-state index contributed by atoms with van der Waals surface area (Å²) in [4.78, 5) is 22.8. The first-order chi connectivity index (χ1) is 12.0. The minimum atomic E-state index is -1.31. The average Bonchev–Trinajstić information content (AvgIpc) is 2.93. The van der Waals surface area contributed by atoms with Crippen molar-refractivity contribution in [3.05, 3.63) is 23.8 Å². The van der Waals surface area contributed by atoms with Crippen LogP contribution in [0.1, 0.15) is 78.1 Å². The van der Waals surface area contributed by atoms with E-state index in [0.717, 1.165) is 24.8 Å². The largest absolute Gasteiger partial charge is 0.479 e. The summed E-state index contributed by atoms with van der Waals surface area (Å²) in [5.41, 5.74) is 1.04. The molecule has 1 aliphatic carbocycles. The lowest BCUT2D eigenvalue weighted by Gasteiger charge is -2.14. The standard InChI is InChI=1S/C21H34O4/c1-3-4-5-6-7-8-9-17-12-15-19(22)18(17)13-10-16(2)11-14-20(23)21(24)25/h8-10,17-18,20,23H,3-7,11-15H2,1-2H3,(H,24,25)/b9-8+,16-10+/t17-,18+,20?/m0/s1. The second kappa shape index (κ2) is 12.0. The minimum Gasteiger partial charge on any atom is -0.479 e. The highest BCUT2D eigenvalue weighted by molar-refractivity contribution is 5.83. The lowest BCUT2D eigenvalue weighted by atomic mass is 9.90. The zero-order valence-electron chi connectivity index (χ0n) is 15.7. The van der Waals surface area contributed by atoms with Crippen LogP contribution in [0.25, 0.3) is 0 Å². The molecule has 0 radical (unpaired) electrons.